The zero-order valence-corrected chi connectivity index (χ0v) is 24.4. The summed E-state index contributed by atoms with van der Waals surface area (Å²) in [6, 6.07) is 16.2. The van der Waals surface area contributed by atoms with Crippen LogP contribution >= 0.6 is 31.9 Å². The maximum atomic E-state index is 11.3. The Balaban J connectivity index is 1.50. The fourth-order valence-electron chi connectivity index (χ4n) is 5.95. The first-order chi connectivity index (χ1) is 18.9. The number of H-pyrrole nitrogens is 3. The van der Waals surface area contributed by atoms with Crippen LogP contribution < -0.4 is 17.2 Å². The number of nitrogens with two attached hydrogens (primary N) is 3. The summed E-state index contributed by atoms with van der Waals surface area (Å²) in [4.78, 5) is 10.4. The van der Waals surface area contributed by atoms with Gasteiger partial charge in [0.15, 0.2) is 0 Å². The monoisotopic (exact) mass is 648 g/mol. The lowest BCUT2D eigenvalue weighted by molar-refractivity contribution is 0.466. The number of halogens is 2. The molecule has 200 valence electrons. The van der Waals surface area contributed by atoms with E-state index in [1.165, 1.54) is 0 Å². The van der Waals surface area contributed by atoms with Crippen molar-refractivity contribution in [3.8, 4) is 5.75 Å². The van der Waals surface area contributed by atoms with Crippen molar-refractivity contribution in [3.05, 3.63) is 97.8 Å². The first-order valence-corrected chi connectivity index (χ1v) is 14.5. The van der Waals surface area contributed by atoms with Crippen molar-refractivity contribution in [2.24, 2.45) is 17.2 Å². The standard InChI is InChI=1S/C30H30Br2N6O/c31-15-1-3-17-24(13-36-26(17)7-15)22(11-34)21-9-28-20(10-29(21)39)19(5-6-33)30(38-28)23(12-35)25-14-37-27-8-16(32)2-4-18(25)27/h1-4,7-10,13-14,22-23,36-39H,5-6,11-12,33-35H2/t22-,23+/m1/s1. The number of hydrogen-bond donors (Lipinski definition) is 7. The molecule has 0 fully saturated rings. The molecule has 0 saturated carbocycles. The second-order valence-electron chi connectivity index (χ2n) is 9.96. The Morgan fingerprint density at radius 2 is 1.28 bits per heavy atom. The lowest BCUT2D eigenvalue weighted by Gasteiger charge is -2.17. The minimum Gasteiger partial charge on any atom is -0.508 e. The van der Waals surface area contributed by atoms with Crippen LogP contribution in [0.25, 0.3) is 32.7 Å². The molecule has 10 N–H and O–H groups in total. The summed E-state index contributed by atoms with van der Waals surface area (Å²) in [5.41, 5.74) is 26.9. The number of fused-ring (bicyclic) bond motifs is 3. The van der Waals surface area contributed by atoms with E-state index in [1.807, 2.05) is 42.7 Å². The van der Waals surface area contributed by atoms with Gasteiger partial charge >= 0.3 is 0 Å². The van der Waals surface area contributed by atoms with Crippen LogP contribution in [0, 0.1) is 0 Å². The number of aromatic hydroxyl groups is 1. The third kappa shape index (κ3) is 4.48. The summed E-state index contributed by atoms with van der Waals surface area (Å²) in [5.74, 6) is -0.0438. The van der Waals surface area contributed by atoms with Gasteiger partial charge in [0.25, 0.3) is 0 Å². The van der Waals surface area contributed by atoms with Crippen LogP contribution in [0.2, 0.25) is 0 Å². The predicted molar refractivity (Wildman–Crippen MR) is 167 cm³/mol. The summed E-state index contributed by atoms with van der Waals surface area (Å²) in [6.45, 7) is 1.25. The highest BCUT2D eigenvalue weighted by molar-refractivity contribution is 9.10. The fraction of sp³-hybridized carbons (Fsp3) is 0.200. The molecule has 0 amide bonds. The molecular weight excluding hydrogens is 620 g/mol. The largest absolute Gasteiger partial charge is 0.508 e. The van der Waals surface area contributed by atoms with Crippen LogP contribution in [-0.4, -0.2) is 39.7 Å². The van der Waals surface area contributed by atoms with E-state index >= 15 is 0 Å². The molecule has 39 heavy (non-hydrogen) atoms. The van der Waals surface area contributed by atoms with Crippen molar-refractivity contribution in [1.82, 2.24) is 15.0 Å². The molecule has 0 unspecified atom stereocenters. The van der Waals surface area contributed by atoms with Gasteiger partial charge in [0.05, 0.1) is 0 Å². The number of aromatic nitrogens is 3. The van der Waals surface area contributed by atoms with Gasteiger partial charge in [-0.1, -0.05) is 44.0 Å². The lowest BCUT2D eigenvalue weighted by Crippen LogP contribution is -2.16. The number of phenols is 1. The van der Waals surface area contributed by atoms with E-state index < -0.39 is 0 Å². The third-order valence-electron chi connectivity index (χ3n) is 7.78. The number of hydrogen-bond acceptors (Lipinski definition) is 4. The molecule has 0 bridgehead atoms. The van der Waals surface area contributed by atoms with Crippen molar-refractivity contribution < 1.29 is 5.11 Å². The Labute approximate surface area is 242 Å². The molecule has 3 aromatic carbocycles. The van der Waals surface area contributed by atoms with Gasteiger partial charge in [-0.15, -0.1) is 0 Å². The molecule has 0 aliphatic carbocycles. The smallest absolute Gasteiger partial charge is 0.120 e. The molecule has 0 radical (unpaired) electrons. The Morgan fingerprint density at radius 1 is 0.692 bits per heavy atom. The predicted octanol–water partition coefficient (Wildman–Crippen LogP) is 6.04. The number of aromatic amines is 3. The molecule has 0 saturated heterocycles. The van der Waals surface area contributed by atoms with Crippen molar-refractivity contribution in [2.75, 3.05) is 19.6 Å². The molecular formula is C30H30Br2N6O. The molecule has 0 spiro atoms. The van der Waals surface area contributed by atoms with E-state index in [0.717, 1.165) is 69.6 Å². The minimum absolute atomic E-state index is 0.0724. The molecule has 3 heterocycles. The van der Waals surface area contributed by atoms with Crippen molar-refractivity contribution >= 4 is 64.6 Å². The van der Waals surface area contributed by atoms with E-state index in [2.05, 4.69) is 65.0 Å². The van der Waals surface area contributed by atoms with Gasteiger partial charge in [0.1, 0.15) is 5.75 Å². The molecule has 6 rings (SSSR count). The van der Waals surface area contributed by atoms with Crippen LogP contribution in [0.1, 0.15) is 39.8 Å². The maximum Gasteiger partial charge on any atom is 0.120 e. The molecule has 0 aliphatic heterocycles. The number of nitrogens with one attached hydrogen (secondary N) is 3. The second-order valence-corrected chi connectivity index (χ2v) is 11.8. The lowest BCUT2D eigenvalue weighted by atomic mass is 9.88. The maximum absolute atomic E-state index is 11.3. The third-order valence-corrected chi connectivity index (χ3v) is 8.76. The second kappa shape index (κ2) is 10.5. The Kier molecular flexibility index (Phi) is 7.03. The summed E-state index contributed by atoms with van der Waals surface area (Å²) < 4.78 is 2.02. The van der Waals surface area contributed by atoms with Gasteiger partial charge in [-0.2, -0.15) is 0 Å². The average Bonchev–Trinajstić information content (AvgIpc) is 3.62. The van der Waals surface area contributed by atoms with Crippen LogP contribution in [0.15, 0.2) is 69.9 Å². The van der Waals surface area contributed by atoms with Crippen molar-refractivity contribution in [2.45, 2.75) is 18.3 Å². The highest BCUT2D eigenvalue weighted by Gasteiger charge is 2.26. The van der Waals surface area contributed by atoms with Gasteiger partial charge in [-0.25, -0.2) is 0 Å². The van der Waals surface area contributed by atoms with Gasteiger partial charge in [-0.05, 0) is 66.1 Å². The highest BCUT2D eigenvalue weighted by atomic mass is 79.9. The number of phenolic OH excluding ortho intramolecular Hbond substituents is 1. The molecule has 6 aromatic rings. The zero-order valence-electron chi connectivity index (χ0n) is 21.2. The van der Waals surface area contributed by atoms with E-state index in [4.69, 9.17) is 17.2 Å². The van der Waals surface area contributed by atoms with E-state index in [0.29, 0.717) is 26.1 Å². The van der Waals surface area contributed by atoms with Gasteiger partial charge in [0, 0.05) is 90.2 Å². The van der Waals surface area contributed by atoms with Gasteiger partial charge in [-0.3, -0.25) is 0 Å². The Morgan fingerprint density at radius 3 is 1.85 bits per heavy atom. The number of benzene rings is 3. The zero-order chi connectivity index (χ0) is 27.3. The normalized spacial score (nSPS) is 13.6. The fourth-order valence-corrected chi connectivity index (χ4v) is 6.68. The van der Waals surface area contributed by atoms with E-state index in [1.54, 1.807) is 0 Å². The van der Waals surface area contributed by atoms with E-state index in [-0.39, 0.29) is 17.6 Å². The Bertz CT molecular complexity index is 1820. The first kappa shape index (κ1) is 26.2. The molecule has 2 atom stereocenters. The molecule has 3 aromatic heterocycles. The topological polar surface area (TPSA) is 146 Å². The summed E-state index contributed by atoms with van der Waals surface area (Å²) >= 11 is 7.09. The summed E-state index contributed by atoms with van der Waals surface area (Å²) in [7, 11) is 0. The average molecular weight is 650 g/mol. The molecule has 0 aliphatic rings. The Hall–Kier alpha value is -3.08. The van der Waals surface area contributed by atoms with Crippen molar-refractivity contribution in [3.63, 3.8) is 0 Å². The van der Waals surface area contributed by atoms with Crippen LogP contribution in [0.3, 0.4) is 0 Å². The highest BCUT2D eigenvalue weighted by Crippen LogP contribution is 2.41. The van der Waals surface area contributed by atoms with Crippen LogP contribution in [-0.2, 0) is 6.42 Å². The molecule has 9 heteroatoms. The van der Waals surface area contributed by atoms with Crippen molar-refractivity contribution in [1.29, 1.82) is 0 Å². The van der Waals surface area contributed by atoms with Gasteiger partial charge < -0.3 is 37.3 Å². The first-order valence-electron chi connectivity index (χ1n) is 12.9. The van der Waals surface area contributed by atoms with Gasteiger partial charge in [0.2, 0.25) is 0 Å². The van der Waals surface area contributed by atoms with Crippen LogP contribution in [0.4, 0.5) is 0 Å². The minimum atomic E-state index is -0.189. The van der Waals surface area contributed by atoms with E-state index in [9.17, 15) is 5.11 Å². The summed E-state index contributed by atoms with van der Waals surface area (Å²) in [6.07, 6.45) is 4.68. The quantitative estimate of drug-likeness (QED) is 0.108. The summed E-state index contributed by atoms with van der Waals surface area (Å²) in [5, 5.41) is 14.5. The molecule has 7 nitrogen and oxygen atoms in total. The van der Waals surface area contributed by atoms with Crippen LogP contribution in [0.5, 0.6) is 5.75 Å². The SMILES string of the molecule is NCCc1c([C@@H](CN)c2c[nH]c3cc(Br)ccc23)[nH]c2cc([C@@H](CN)c3c[nH]c4cc(Br)ccc34)c(O)cc12. The number of rotatable bonds is 8.